The van der Waals surface area contributed by atoms with E-state index < -0.39 is 36.8 Å². The van der Waals surface area contributed by atoms with Crippen LogP contribution in [-0.2, 0) is 23.7 Å². The van der Waals surface area contributed by atoms with Crippen molar-refractivity contribution in [1.82, 2.24) is 5.32 Å². The summed E-state index contributed by atoms with van der Waals surface area (Å²) in [6, 6.07) is 8.39. The van der Waals surface area contributed by atoms with Gasteiger partial charge in [0.15, 0.2) is 0 Å². The molecule has 156 valence electrons. The van der Waals surface area contributed by atoms with E-state index in [0.717, 1.165) is 0 Å². The van der Waals surface area contributed by atoms with Gasteiger partial charge in [0.05, 0.1) is 19.8 Å². The average Bonchev–Trinajstić information content (AvgIpc) is 2.70. The van der Waals surface area contributed by atoms with Crippen molar-refractivity contribution in [3.63, 3.8) is 0 Å². The van der Waals surface area contributed by atoms with Crippen molar-refractivity contribution in [1.29, 1.82) is 0 Å². The average molecular weight is 398 g/mol. The second-order valence-electron chi connectivity index (χ2n) is 5.98. The Hall–Kier alpha value is -2.85. The zero-order valence-corrected chi connectivity index (χ0v) is 15.9. The number of carbonyl (C=O) groups excluding carboxylic acids is 3. The minimum Gasteiger partial charge on any atom is -0.463 e. The number of aliphatic hydroxyl groups excluding tert-OH is 1. The molecule has 0 aliphatic carbocycles. The summed E-state index contributed by atoms with van der Waals surface area (Å²) in [6.07, 6.45) is -0.983. The fourth-order valence-electron chi connectivity index (χ4n) is 1.82. The number of para-hydroxylation sites is 1. The fraction of sp³-hybridized carbons (Fsp3) is 0.500. The van der Waals surface area contributed by atoms with E-state index in [4.69, 9.17) is 18.9 Å². The van der Waals surface area contributed by atoms with Gasteiger partial charge in [0.2, 0.25) is 0 Å². The lowest BCUT2D eigenvalue weighted by atomic mass is 9.93. The monoisotopic (exact) mass is 398 g/mol. The molecule has 1 aromatic rings. The van der Waals surface area contributed by atoms with Crippen LogP contribution >= 0.6 is 0 Å². The van der Waals surface area contributed by atoms with Crippen LogP contribution in [0.5, 0.6) is 0 Å². The maximum Gasteiger partial charge on any atom is 0.508 e. The lowest BCUT2D eigenvalue weighted by Crippen LogP contribution is -2.40. The highest BCUT2D eigenvalue weighted by atomic mass is 16.7. The van der Waals surface area contributed by atoms with Crippen LogP contribution < -0.4 is 10.6 Å². The summed E-state index contributed by atoms with van der Waals surface area (Å²) < 4.78 is 19.3. The van der Waals surface area contributed by atoms with Crippen LogP contribution in [0.3, 0.4) is 0 Å². The van der Waals surface area contributed by atoms with Gasteiger partial charge in [-0.3, -0.25) is 4.79 Å². The highest BCUT2D eigenvalue weighted by molar-refractivity contribution is 5.89. The largest absolute Gasteiger partial charge is 0.508 e. The number of amides is 2. The predicted molar refractivity (Wildman–Crippen MR) is 98.8 cm³/mol. The Morgan fingerprint density at radius 2 is 1.75 bits per heavy atom. The molecule has 1 atom stereocenters. The van der Waals surface area contributed by atoms with E-state index in [1.54, 1.807) is 24.3 Å². The standard InChI is InChI=1S/C18H26N2O8/c1-18(12-21,13-28-17(24)27-11-10-25-2)15(22)26-9-8-19-16(23)20-14-6-4-3-5-7-14/h3-7,21H,8-13H2,1-2H3,(H2,19,20,23). The smallest absolute Gasteiger partial charge is 0.463 e. The summed E-state index contributed by atoms with van der Waals surface area (Å²) in [5, 5.41) is 14.6. The molecule has 0 fully saturated rings. The van der Waals surface area contributed by atoms with Crippen molar-refractivity contribution < 1.29 is 38.4 Å². The van der Waals surface area contributed by atoms with Gasteiger partial charge in [-0.05, 0) is 19.1 Å². The number of benzene rings is 1. The molecule has 28 heavy (non-hydrogen) atoms. The number of nitrogens with one attached hydrogen (secondary N) is 2. The third-order valence-corrected chi connectivity index (χ3v) is 3.51. The zero-order valence-electron chi connectivity index (χ0n) is 15.9. The first-order valence-electron chi connectivity index (χ1n) is 8.58. The quantitative estimate of drug-likeness (QED) is 0.373. The Kier molecular flexibility index (Phi) is 10.4. The van der Waals surface area contributed by atoms with Crippen molar-refractivity contribution >= 4 is 23.8 Å². The lowest BCUT2D eigenvalue weighted by Gasteiger charge is -2.24. The number of methoxy groups -OCH3 is 1. The number of rotatable bonds is 11. The molecule has 0 spiro atoms. The van der Waals surface area contributed by atoms with Crippen LogP contribution in [0.25, 0.3) is 0 Å². The number of hydrogen-bond donors (Lipinski definition) is 3. The van der Waals surface area contributed by atoms with Gasteiger partial charge in [0.25, 0.3) is 0 Å². The molecule has 0 heterocycles. The minimum absolute atomic E-state index is 0.00628. The normalized spacial score (nSPS) is 12.4. The number of hydrogen-bond acceptors (Lipinski definition) is 8. The Labute approximate surface area is 163 Å². The molecule has 0 radical (unpaired) electrons. The summed E-state index contributed by atoms with van der Waals surface area (Å²) in [6.45, 7) is 0.523. The maximum atomic E-state index is 12.1. The van der Waals surface area contributed by atoms with Crippen molar-refractivity contribution in [2.45, 2.75) is 6.92 Å². The Morgan fingerprint density at radius 3 is 2.39 bits per heavy atom. The molecule has 0 aliphatic heterocycles. The molecular weight excluding hydrogens is 372 g/mol. The number of esters is 1. The summed E-state index contributed by atoms with van der Waals surface area (Å²) in [5.74, 6) is -0.773. The van der Waals surface area contributed by atoms with E-state index >= 15 is 0 Å². The first kappa shape index (κ1) is 23.2. The molecule has 0 aliphatic rings. The van der Waals surface area contributed by atoms with Crippen LogP contribution in [0.4, 0.5) is 15.3 Å². The third-order valence-electron chi connectivity index (χ3n) is 3.51. The van der Waals surface area contributed by atoms with Gasteiger partial charge >= 0.3 is 18.2 Å². The lowest BCUT2D eigenvalue weighted by molar-refractivity contribution is -0.160. The van der Waals surface area contributed by atoms with Gasteiger partial charge < -0.3 is 34.7 Å². The summed E-state index contributed by atoms with van der Waals surface area (Å²) in [7, 11) is 1.45. The van der Waals surface area contributed by atoms with Gasteiger partial charge in [-0.25, -0.2) is 9.59 Å². The van der Waals surface area contributed by atoms with E-state index in [1.807, 2.05) is 6.07 Å². The summed E-state index contributed by atoms with van der Waals surface area (Å²) in [4.78, 5) is 35.3. The topological polar surface area (TPSA) is 132 Å². The Balaban J connectivity index is 2.30. The third kappa shape index (κ3) is 8.69. The van der Waals surface area contributed by atoms with Crippen molar-refractivity contribution in [2.75, 3.05) is 52.0 Å². The highest BCUT2D eigenvalue weighted by Gasteiger charge is 2.36. The maximum absolute atomic E-state index is 12.1. The van der Waals surface area contributed by atoms with Gasteiger partial charge in [0, 0.05) is 12.8 Å². The molecule has 0 bridgehead atoms. The Bertz CT molecular complexity index is 625. The zero-order chi connectivity index (χ0) is 20.8. The van der Waals surface area contributed by atoms with Crippen LogP contribution in [0, 0.1) is 5.41 Å². The number of urea groups is 1. The van der Waals surface area contributed by atoms with Crippen LogP contribution in [0.2, 0.25) is 0 Å². The van der Waals surface area contributed by atoms with Crippen LogP contribution in [0.1, 0.15) is 6.92 Å². The van der Waals surface area contributed by atoms with E-state index in [9.17, 15) is 19.5 Å². The highest BCUT2D eigenvalue weighted by Crippen LogP contribution is 2.18. The minimum atomic E-state index is -1.45. The summed E-state index contributed by atoms with van der Waals surface area (Å²) >= 11 is 0. The molecule has 1 aromatic carbocycles. The van der Waals surface area contributed by atoms with Crippen LogP contribution in [-0.4, -0.2) is 70.0 Å². The molecule has 2 amide bonds. The van der Waals surface area contributed by atoms with E-state index in [2.05, 4.69) is 10.6 Å². The molecule has 10 heteroatoms. The fourth-order valence-corrected chi connectivity index (χ4v) is 1.82. The van der Waals surface area contributed by atoms with Gasteiger partial charge in [-0.1, -0.05) is 18.2 Å². The molecule has 1 rings (SSSR count). The molecule has 10 nitrogen and oxygen atoms in total. The summed E-state index contributed by atoms with van der Waals surface area (Å²) in [5.41, 5.74) is -0.827. The van der Waals surface area contributed by atoms with E-state index in [0.29, 0.717) is 5.69 Å². The molecular formula is C18H26N2O8. The second-order valence-corrected chi connectivity index (χ2v) is 5.98. The number of anilines is 1. The first-order chi connectivity index (χ1) is 13.4. The second kappa shape index (κ2) is 12.5. The molecule has 0 saturated carbocycles. The van der Waals surface area contributed by atoms with Crippen LogP contribution in [0.15, 0.2) is 30.3 Å². The molecule has 0 saturated heterocycles. The number of ether oxygens (including phenoxy) is 4. The molecule has 0 aromatic heterocycles. The van der Waals surface area contributed by atoms with E-state index in [-0.39, 0.29) is 26.4 Å². The molecule has 3 N–H and O–H groups in total. The van der Waals surface area contributed by atoms with Gasteiger partial charge in [-0.2, -0.15) is 0 Å². The Morgan fingerprint density at radius 1 is 1.04 bits per heavy atom. The van der Waals surface area contributed by atoms with Crippen molar-refractivity contribution in [2.24, 2.45) is 5.41 Å². The number of carbonyl (C=O) groups is 3. The van der Waals surface area contributed by atoms with E-state index in [1.165, 1.54) is 14.0 Å². The van der Waals surface area contributed by atoms with Crippen molar-refractivity contribution in [3.05, 3.63) is 30.3 Å². The van der Waals surface area contributed by atoms with Gasteiger partial charge in [0.1, 0.15) is 25.2 Å². The van der Waals surface area contributed by atoms with Gasteiger partial charge in [-0.15, -0.1) is 0 Å². The van der Waals surface area contributed by atoms with Crippen molar-refractivity contribution in [3.8, 4) is 0 Å². The number of aliphatic hydroxyl groups is 1. The first-order valence-corrected chi connectivity index (χ1v) is 8.58. The SMILES string of the molecule is COCCOC(=O)OCC(C)(CO)C(=O)OCCNC(=O)Nc1ccccc1. The molecule has 1 unspecified atom stereocenters. The predicted octanol–water partition coefficient (Wildman–Crippen LogP) is 1.15.